The second kappa shape index (κ2) is 9.08. The van der Waals surface area contributed by atoms with Crippen molar-refractivity contribution in [1.82, 2.24) is 10.6 Å². The predicted molar refractivity (Wildman–Crippen MR) is 72.9 cm³/mol. The number of thioether (sulfide) groups is 1. The van der Waals surface area contributed by atoms with Crippen LogP contribution in [-0.4, -0.2) is 41.7 Å². The van der Waals surface area contributed by atoms with Gasteiger partial charge in [-0.05, 0) is 43.1 Å². The van der Waals surface area contributed by atoms with Crippen LogP contribution in [0.5, 0.6) is 0 Å². The van der Waals surface area contributed by atoms with Crippen LogP contribution in [0.4, 0.5) is 4.79 Å². The van der Waals surface area contributed by atoms with Crippen LogP contribution >= 0.6 is 11.8 Å². The van der Waals surface area contributed by atoms with Crippen molar-refractivity contribution in [2.24, 2.45) is 5.92 Å². The highest BCUT2D eigenvalue weighted by Crippen LogP contribution is 2.21. The summed E-state index contributed by atoms with van der Waals surface area (Å²) in [5.74, 6) is 2.23. The van der Waals surface area contributed by atoms with Gasteiger partial charge in [-0.25, -0.2) is 4.79 Å². The summed E-state index contributed by atoms with van der Waals surface area (Å²) < 4.78 is 0. The van der Waals surface area contributed by atoms with Crippen molar-refractivity contribution in [3.8, 4) is 0 Å². The fourth-order valence-corrected chi connectivity index (χ4v) is 3.06. The number of carboxylic acid groups (broad SMARTS) is 1. The number of hydrogen-bond donors (Lipinski definition) is 3. The Balaban J connectivity index is 1.94. The normalized spacial score (nSPS) is 16.2. The molecular weight excluding hydrogens is 252 g/mol. The average Bonchev–Trinajstić information content (AvgIpc) is 2.37. The van der Waals surface area contributed by atoms with Gasteiger partial charge in [-0.2, -0.15) is 11.8 Å². The Bertz CT molecular complexity index is 268. The zero-order valence-electron chi connectivity index (χ0n) is 10.6. The molecule has 0 unspecified atom stereocenters. The van der Waals surface area contributed by atoms with Crippen molar-refractivity contribution in [3.05, 3.63) is 0 Å². The van der Waals surface area contributed by atoms with Gasteiger partial charge < -0.3 is 15.7 Å². The third-order valence-corrected chi connectivity index (χ3v) is 4.04. The molecule has 0 saturated carbocycles. The van der Waals surface area contributed by atoms with Gasteiger partial charge in [0.15, 0.2) is 0 Å². The summed E-state index contributed by atoms with van der Waals surface area (Å²) in [6.45, 7) is 1.29. The second-order valence-corrected chi connectivity index (χ2v) is 5.77. The first kappa shape index (κ1) is 15.1. The molecule has 1 heterocycles. The number of hydrogen-bond acceptors (Lipinski definition) is 3. The molecule has 1 aliphatic heterocycles. The summed E-state index contributed by atoms with van der Waals surface area (Å²) in [5.41, 5.74) is 0. The lowest BCUT2D eigenvalue weighted by molar-refractivity contribution is -0.137. The van der Waals surface area contributed by atoms with E-state index in [1.165, 1.54) is 24.3 Å². The zero-order valence-corrected chi connectivity index (χ0v) is 11.4. The van der Waals surface area contributed by atoms with Crippen molar-refractivity contribution in [2.45, 2.75) is 32.1 Å². The van der Waals surface area contributed by atoms with Crippen molar-refractivity contribution in [2.75, 3.05) is 24.6 Å². The van der Waals surface area contributed by atoms with Crippen LogP contribution in [0.1, 0.15) is 32.1 Å². The fourth-order valence-electron chi connectivity index (χ4n) is 1.85. The van der Waals surface area contributed by atoms with E-state index in [1.807, 2.05) is 11.8 Å². The van der Waals surface area contributed by atoms with Gasteiger partial charge in [0.2, 0.25) is 0 Å². The van der Waals surface area contributed by atoms with E-state index in [2.05, 4.69) is 10.6 Å². The maximum absolute atomic E-state index is 11.4. The van der Waals surface area contributed by atoms with Crippen LogP contribution in [-0.2, 0) is 4.79 Å². The molecule has 1 fully saturated rings. The minimum atomic E-state index is -0.783. The molecule has 6 heteroatoms. The van der Waals surface area contributed by atoms with Crippen LogP contribution in [0.25, 0.3) is 0 Å². The largest absolute Gasteiger partial charge is 0.481 e. The fraction of sp³-hybridized carbons (Fsp3) is 0.833. The highest BCUT2D eigenvalue weighted by atomic mass is 32.2. The smallest absolute Gasteiger partial charge is 0.314 e. The molecule has 18 heavy (non-hydrogen) atoms. The van der Waals surface area contributed by atoms with E-state index in [9.17, 15) is 9.59 Å². The van der Waals surface area contributed by atoms with Crippen molar-refractivity contribution >= 4 is 23.8 Å². The monoisotopic (exact) mass is 274 g/mol. The van der Waals surface area contributed by atoms with E-state index in [1.54, 1.807) is 0 Å². The van der Waals surface area contributed by atoms with Gasteiger partial charge in [0.25, 0.3) is 0 Å². The molecule has 0 aromatic rings. The summed E-state index contributed by atoms with van der Waals surface area (Å²) in [5, 5.41) is 14.1. The summed E-state index contributed by atoms with van der Waals surface area (Å²) >= 11 is 1.98. The van der Waals surface area contributed by atoms with E-state index < -0.39 is 5.97 Å². The number of amides is 2. The highest BCUT2D eigenvalue weighted by Gasteiger charge is 2.14. The first-order valence-corrected chi connectivity index (χ1v) is 7.65. The van der Waals surface area contributed by atoms with Gasteiger partial charge in [-0.1, -0.05) is 0 Å². The number of aliphatic carboxylic acids is 1. The van der Waals surface area contributed by atoms with Crippen LogP contribution in [0.3, 0.4) is 0 Å². The van der Waals surface area contributed by atoms with Gasteiger partial charge in [-0.3, -0.25) is 4.79 Å². The summed E-state index contributed by atoms with van der Waals surface area (Å²) in [6, 6.07) is -0.136. The van der Waals surface area contributed by atoms with Crippen molar-refractivity contribution < 1.29 is 14.7 Å². The minimum absolute atomic E-state index is 0.136. The number of carbonyl (C=O) groups excluding carboxylic acids is 1. The second-order valence-electron chi connectivity index (χ2n) is 4.54. The lowest BCUT2D eigenvalue weighted by Crippen LogP contribution is -2.39. The van der Waals surface area contributed by atoms with Gasteiger partial charge in [0.1, 0.15) is 0 Å². The maximum Gasteiger partial charge on any atom is 0.314 e. The Kier molecular flexibility index (Phi) is 7.64. The molecule has 1 aliphatic rings. The first-order chi connectivity index (χ1) is 8.68. The molecule has 0 spiro atoms. The number of carbonyl (C=O) groups is 2. The topological polar surface area (TPSA) is 78.4 Å². The third-order valence-electron chi connectivity index (χ3n) is 3.00. The molecule has 0 aromatic carbocycles. The van der Waals surface area contributed by atoms with E-state index >= 15 is 0 Å². The Morgan fingerprint density at radius 1 is 1.17 bits per heavy atom. The van der Waals surface area contributed by atoms with Crippen LogP contribution < -0.4 is 10.6 Å². The Morgan fingerprint density at radius 2 is 1.89 bits per heavy atom. The number of nitrogens with one attached hydrogen (secondary N) is 2. The van der Waals surface area contributed by atoms with Gasteiger partial charge >= 0.3 is 12.0 Å². The molecule has 0 atom stereocenters. The Labute approximate surface area is 112 Å². The van der Waals surface area contributed by atoms with Crippen LogP contribution in [0.15, 0.2) is 0 Å². The van der Waals surface area contributed by atoms with E-state index in [0.29, 0.717) is 25.3 Å². The molecule has 3 N–H and O–H groups in total. The predicted octanol–water partition coefficient (Wildman–Crippen LogP) is 1.68. The first-order valence-electron chi connectivity index (χ1n) is 6.49. The Morgan fingerprint density at radius 3 is 2.56 bits per heavy atom. The van der Waals surface area contributed by atoms with Gasteiger partial charge in [0, 0.05) is 19.5 Å². The number of urea groups is 1. The molecule has 104 valence electrons. The number of rotatable bonds is 7. The van der Waals surface area contributed by atoms with Gasteiger partial charge in [-0.15, -0.1) is 0 Å². The molecule has 2 amide bonds. The van der Waals surface area contributed by atoms with Crippen LogP contribution in [0, 0.1) is 5.92 Å². The average molecular weight is 274 g/mol. The molecule has 0 radical (unpaired) electrons. The molecule has 0 aromatic heterocycles. The third kappa shape index (κ3) is 7.42. The van der Waals surface area contributed by atoms with Crippen LogP contribution in [0.2, 0.25) is 0 Å². The van der Waals surface area contributed by atoms with E-state index in [-0.39, 0.29) is 12.5 Å². The molecule has 5 nitrogen and oxygen atoms in total. The number of unbranched alkanes of at least 4 members (excludes halogenated alkanes) is 1. The quantitative estimate of drug-likeness (QED) is 0.617. The van der Waals surface area contributed by atoms with Crippen molar-refractivity contribution in [3.63, 3.8) is 0 Å². The number of carboxylic acids is 1. The molecule has 0 bridgehead atoms. The summed E-state index contributed by atoms with van der Waals surface area (Å²) in [4.78, 5) is 21.7. The molecule has 1 rings (SSSR count). The zero-order chi connectivity index (χ0) is 13.2. The van der Waals surface area contributed by atoms with E-state index in [4.69, 9.17) is 5.11 Å². The lowest BCUT2D eigenvalue weighted by Gasteiger charge is -2.21. The Hall–Kier alpha value is -0.910. The van der Waals surface area contributed by atoms with Gasteiger partial charge in [0.05, 0.1) is 0 Å². The lowest BCUT2D eigenvalue weighted by atomic mass is 10.0. The van der Waals surface area contributed by atoms with E-state index in [0.717, 1.165) is 6.54 Å². The highest BCUT2D eigenvalue weighted by molar-refractivity contribution is 7.99. The molecule has 1 saturated heterocycles. The molecule has 0 aliphatic carbocycles. The maximum atomic E-state index is 11.4. The summed E-state index contributed by atoms with van der Waals surface area (Å²) in [7, 11) is 0. The van der Waals surface area contributed by atoms with Crippen molar-refractivity contribution in [1.29, 1.82) is 0 Å². The standard InChI is InChI=1S/C12H22N2O3S/c15-11(16)3-1-2-6-13-12(17)14-9-10-4-7-18-8-5-10/h10H,1-9H2,(H,15,16)(H2,13,14,17). The SMILES string of the molecule is O=C(O)CCCCNC(=O)NCC1CCSCC1. The molecular formula is C12H22N2O3S. The minimum Gasteiger partial charge on any atom is -0.481 e. The summed E-state index contributed by atoms with van der Waals surface area (Å²) in [6.07, 6.45) is 3.85.